The van der Waals surface area contributed by atoms with E-state index in [-0.39, 0.29) is 23.5 Å². The zero-order valence-electron chi connectivity index (χ0n) is 17.0. The summed E-state index contributed by atoms with van der Waals surface area (Å²) in [6, 6.07) is 14.4. The lowest BCUT2D eigenvalue weighted by atomic mass is 10.1. The summed E-state index contributed by atoms with van der Waals surface area (Å²) in [6.07, 6.45) is 0. The molecule has 2 aliphatic rings. The Morgan fingerprint density at radius 3 is 2.70 bits per heavy atom. The number of benzene rings is 2. The van der Waals surface area contributed by atoms with Crippen molar-refractivity contribution in [3.05, 3.63) is 54.1 Å². The van der Waals surface area contributed by atoms with Crippen LogP contribution in [0, 0.1) is 5.92 Å². The van der Waals surface area contributed by atoms with Crippen LogP contribution in [-0.2, 0) is 9.59 Å². The van der Waals surface area contributed by atoms with Crippen LogP contribution in [0.2, 0.25) is 0 Å². The van der Waals surface area contributed by atoms with Gasteiger partial charge in [0.05, 0.1) is 24.2 Å². The Hall–Kier alpha value is -3.13. The van der Waals surface area contributed by atoms with E-state index in [2.05, 4.69) is 15.3 Å². The summed E-state index contributed by atoms with van der Waals surface area (Å²) >= 11 is 1.22. The molecule has 2 aromatic carbocycles. The first kappa shape index (κ1) is 20.2. The van der Waals surface area contributed by atoms with Crippen LogP contribution in [0.1, 0.15) is 19.4 Å². The summed E-state index contributed by atoms with van der Waals surface area (Å²) in [5.74, 6) is 1.05. The van der Waals surface area contributed by atoms with Crippen LogP contribution in [0.15, 0.2) is 58.5 Å². The van der Waals surface area contributed by atoms with E-state index in [0.717, 1.165) is 11.3 Å². The Bertz CT molecular complexity index is 1060. The van der Waals surface area contributed by atoms with Crippen LogP contribution < -0.4 is 10.1 Å². The number of hydrogen-bond donors (Lipinski definition) is 1. The van der Waals surface area contributed by atoms with Crippen molar-refractivity contribution in [1.29, 1.82) is 0 Å². The summed E-state index contributed by atoms with van der Waals surface area (Å²) < 4.78 is 5.27. The van der Waals surface area contributed by atoms with Gasteiger partial charge >= 0.3 is 0 Å². The number of methoxy groups -OCH3 is 1. The van der Waals surface area contributed by atoms with Crippen LogP contribution in [0.5, 0.6) is 5.75 Å². The van der Waals surface area contributed by atoms with Crippen LogP contribution in [0.3, 0.4) is 0 Å². The summed E-state index contributed by atoms with van der Waals surface area (Å²) in [5, 5.41) is 3.31. The maximum Gasteiger partial charge on any atom is 0.259 e. The highest BCUT2D eigenvalue weighted by atomic mass is 32.2. The number of amidine groups is 2. The minimum atomic E-state index is -0.445. The van der Waals surface area contributed by atoms with Gasteiger partial charge in [0.25, 0.3) is 5.91 Å². The van der Waals surface area contributed by atoms with Gasteiger partial charge in [0.2, 0.25) is 5.91 Å². The van der Waals surface area contributed by atoms with Crippen LogP contribution in [-0.4, -0.2) is 46.6 Å². The first-order valence-electron chi connectivity index (χ1n) is 9.65. The van der Waals surface area contributed by atoms with E-state index in [1.54, 1.807) is 24.1 Å². The van der Waals surface area contributed by atoms with Crippen molar-refractivity contribution in [2.75, 3.05) is 18.2 Å². The van der Waals surface area contributed by atoms with E-state index in [4.69, 9.17) is 4.74 Å². The number of carbonyl (C=O) groups is 2. The van der Waals surface area contributed by atoms with Gasteiger partial charge in [-0.1, -0.05) is 49.9 Å². The molecule has 154 valence electrons. The molecule has 0 aliphatic carbocycles. The predicted octanol–water partition coefficient (Wildman–Crippen LogP) is 3.68. The van der Waals surface area contributed by atoms with Gasteiger partial charge in [-0.25, -0.2) is 9.89 Å². The van der Waals surface area contributed by atoms with Crippen LogP contribution in [0.4, 0.5) is 11.4 Å². The molecule has 0 radical (unpaired) electrons. The number of amides is 2. The van der Waals surface area contributed by atoms with Crippen molar-refractivity contribution in [1.82, 2.24) is 4.90 Å². The molecule has 0 saturated heterocycles. The van der Waals surface area contributed by atoms with E-state index in [1.807, 2.05) is 50.2 Å². The number of thioether (sulfide) groups is 1. The van der Waals surface area contributed by atoms with Crippen LogP contribution in [0.25, 0.3) is 0 Å². The number of nitrogens with zero attached hydrogens (tertiary/aromatic N) is 3. The number of rotatable bonds is 5. The third-order valence-electron chi connectivity index (χ3n) is 4.84. The van der Waals surface area contributed by atoms with Gasteiger partial charge in [-0.15, -0.1) is 0 Å². The molecule has 0 bridgehead atoms. The molecule has 2 heterocycles. The van der Waals surface area contributed by atoms with Gasteiger partial charge < -0.3 is 10.1 Å². The molecule has 0 fully saturated rings. The molecule has 30 heavy (non-hydrogen) atoms. The molecule has 2 aliphatic heterocycles. The molecule has 1 atom stereocenters. The Morgan fingerprint density at radius 2 is 1.93 bits per heavy atom. The van der Waals surface area contributed by atoms with Crippen molar-refractivity contribution in [3.63, 3.8) is 0 Å². The topological polar surface area (TPSA) is 83.4 Å². The van der Waals surface area contributed by atoms with Gasteiger partial charge in [-0.2, -0.15) is 0 Å². The molecule has 0 spiro atoms. The van der Waals surface area contributed by atoms with Crippen molar-refractivity contribution in [2.45, 2.75) is 19.9 Å². The normalized spacial score (nSPS) is 17.3. The maximum absolute atomic E-state index is 13.0. The zero-order chi connectivity index (χ0) is 21.3. The van der Waals surface area contributed by atoms with E-state index < -0.39 is 6.04 Å². The summed E-state index contributed by atoms with van der Waals surface area (Å²) in [7, 11) is 1.55. The number of aliphatic imine (C=N–C) groups is 2. The molecule has 1 N–H and O–H groups in total. The molecule has 0 unspecified atom stereocenters. The van der Waals surface area contributed by atoms with Gasteiger partial charge in [-0.3, -0.25) is 14.6 Å². The number of anilines is 1. The second kappa shape index (κ2) is 8.31. The number of carbonyl (C=O) groups excluding carboxylic acids is 2. The van der Waals surface area contributed by atoms with Crippen LogP contribution >= 0.6 is 11.8 Å². The molecule has 7 nitrogen and oxygen atoms in total. The highest BCUT2D eigenvalue weighted by Gasteiger charge is 2.42. The Balaban J connectivity index is 1.55. The van der Waals surface area contributed by atoms with E-state index in [9.17, 15) is 9.59 Å². The second-order valence-electron chi connectivity index (χ2n) is 7.26. The number of para-hydroxylation sites is 3. The number of ether oxygens (including phenoxy) is 1. The highest BCUT2D eigenvalue weighted by molar-refractivity contribution is 8.14. The van der Waals surface area contributed by atoms with Gasteiger partial charge in [0, 0.05) is 5.56 Å². The maximum atomic E-state index is 13.0. The van der Waals surface area contributed by atoms with E-state index in [1.165, 1.54) is 11.8 Å². The largest absolute Gasteiger partial charge is 0.495 e. The molecule has 0 aromatic heterocycles. The van der Waals surface area contributed by atoms with Crippen molar-refractivity contribution < 1.29 is 14.3 Å². The fraction of sp³-hybridized carbons (Fsp3) is 0.273. The minimum absolute atomic E-state index is 0.0721. The molecule has 0 saturated carbocycles. The second-order valence-corrected chi connectivity index (χ2v) is 8.21. The Kier molecular flexibility index (Phi) is 5.59. The number of hydrogen-bond acceptors (Lipinski definition) is 6. The average molecular weight is 423 g/mol. The Morgan fingerprint density at radius 1 is 1.20 bits per heavy atom. The minimum Gasteiger partial charge on any atom is -0.495 e. The molecular formula is C22H22N4O3S. The summed E-state index contributed by atoms with van der Waals surface area (Å²) in [4.78, 5) is 36.4. The Labute approximate surface area is 179 Å². The lowest BCUT2D eigenvalue weighted by Gasteiger charge is -2.25. The van der Waals surface area contributed by atoms with Gasteiger partial charge in [0.15, 0.2) is 5.17 Å². The SMILES string of the molecule is COc1ccccc1NC(=O)CSC1=Nc2ccccc2C2=N[C@H](C(C)C)C(=O)N12. The molecule has 2 amide bonds. The lowest BCUT2D eigenvalue weighted by molar-refractivity contribution is -0.125. The predicted molar refractivity (Wildman–Crippen MR) is 120 cm³/mol. The smallest absolute Gasteiger partial charge is 0.259 e. The number of fused-ring (bicyclic) bond motifs is 3. The van der Waals surface area contributed by atoms with Crippen molar-refractivity contribution in [2.24, 2.45) is 15.9 Å². The van der Waals surface area contributed by atoms with E-state index >= 15 is 0 Å². The van der Waals surface area contributed by atoms with Gasteiger partial charge in [-0.05, 0) is 30.2 Å². The average Bonchev–Trinajstić information content (AvgIpc) is 3.10. The quantitative estimate of drug-likeness (QED) is 0.797. The molecular weight excluding hydrogens is 400 g/mol. The third kappa shape index (κ3) is 3.70. The first-order chi connectivity index (χ1) is 14.5. The molecule has 8 heteroatoms. The molecule has 2 aromatic rings. The summed E-state index contributed by atoms with van der Waals surface area (Å²) in [6.45, 7) is 3.95. The third-order valence-corrected chi connectivity index (χ3v) is 5.78. The van der Waals surface area contributed by atoms with E-state index in [0.29, 0.717) is 22.4 Å². The van der Waals surface area contributed by atoms with Gasteiger partial charge in [0.1, 0.15) is 17.6 Å². The van der Waals surface area contributed by atoms with Crippen molar-refractivity contribution >= 4 is 46.0 Å². The zero-order valence-corrected chi connectivity index (χ0v) is 17.8. The lowest BCUT2D eigenvalue weighted by Crippen LogP contribution is -2.42. The highest BCUT2D eigenvalue weighted by Crippen LogP contribution is 2.34. The monoisotopic (exact) mass is 422 g/mol. The first-order valence-corrected chi connectivity index (χ1v) is 10.6. The summed E-state index contributed by atoms with van der Waals surface area (Å²) in [5.41, 5.74) is 2.18. The standard InChI is InChI=1S/C22H22N4O3S/c1-13(2)19-21(28)26-20(25-19)14-8-4-5-9-15(14)24-22(26)30-12-18(27)23-16-10-6-7-11-17(16)29-3/h4-11,13,19H,12H2,1-3H3,(H,23,27)/t19-/m1/s1. The molecule has 4 rings (SSSR count). The fourth-order valence-corrected chi connectivity index (χ4v) is 4.17. The number of nitrogens with one attached hydrogen (secondary N) is 1. The van der Waals surface area contributed by atoms with Crippen molar-refractivity contribution in [3.8, 4) is 5.75 Å². The fourth-order valence-electron chi connectivity index (χ4n) is 3.36.